The van der Waals surface area contributed by atoms with Crippen molar-refractivity contribution in [1.29, 1.82) is 0 Å². The Hall–Kier alpha value is -3.40. The molecule has 0 aliphatic carbocycles. The van der Waals surface area contributed by atoms with E-state index in [0.29, 0.717) is 11.6 Å². The number of nitrogens with one attached hydrogen (secondary N) is 2. The second kappa shape index (κ2) is 10.6. The molecule has 2 amide bonds. The van der Waals surface area contributed by atoms with Crippen LogP contribution in [0.3, 0.4) is 0 Å². The Morgan fingerprint density at radius 2 is 1.77 bits per heavy atom. The molecule has 9 nitrogen and oxygen atoms in total. The van der Waals surface area contributed by atoms with Gasteiger partial charge in [-0.25, -0.2) is 9.97 Å². The summed E-state index contributed by atoms with van der Waals surface area (Å²) in [4.78, 5) is 32.8. The van der Waals surface area contributed by atoms with Gasteiger partial charge in [0.05, 0.1) is 5.69 Å². The molecule has 3 aromatic rings. The number of benzene rings is 1. The molecule has 1 atom stereocenters. The maximum atomic E-state index is 12.4. The van der Waals surface area contributed by atoms with Crippen molar-refractivity contribution in [3.8, 4) is 5.95 Å². The molecule has 1 aromatic carbocycles. The summed E-state index contributed by atoms with van der Waals surface area (Å²) in [5.74, 6) is -0.331. The van der Waals surface area contributed by atoms with Crippen LogP contribution in [0.4, 0.5) is 5.82 Å². The van der Waals surface area contributed by atoms with E-state index >= 15 is 0 Å². The van der Waals surface area contributed by atoms with Crippen LogP contribution in [0.15, 0.2) is 54.9 Å². The van der Waals surface area contributed by atoms with E-state index in [4.69, 9.17) is 0 Å². The average molecular weight is 441 g/mol. The van der Waals surface area contributed by atoms with Gasteiger partial charge in [-0.3, -0.25) is 13.8 Å². The lowest BCUT2D eigenvalue weighted by molar-refractivity contribution is -0.136. The number of amides is 2. The van der Waals surface area contributed by atoms with Gasteiger partial charge >= 0.3 is 11.8 Å². The third-order valence-corrected chi connectivity index (χ3v) is 5.61. The van der Waals surface area contributed by atoms with Crippen LogP contribution in [0.2, 0.25) is 0 Å². The van der Waals surface area contributed by atoms with Crippen LogP contribution in [0.25, 0.3) is 5.95 Å². The summed E-state index contributed by atoms with van der Waals surface area (Å²) in [6.07, 6.45) is 3.12. The molecule has 0 saturated carbocycles. The Morgan fingerprint density at radius 1 is 1.06 bits per heavy atom. The summed E-state index contributed by atoms with van der Waals surface area (Å²) in [7, 11) is -1.15. The molecule has 2 aromatic heterocycles. The van der Waals surface area contributed by atoms with E-state index in [1.165, 1.54) is 4.68 Å². The third-order valence-electron chi connectivity index (χ3n) is 4.29. The first kappa shape index (κ1) is 22.3. The van der Waals surface area contributed by atoms with E-state index in [2.05, 4.69) is 25.7 Å². The minimum atomic E-state index is -1.15. The molecule has 0 saturated heterocycles. The number of rotatable bonds is 8. The van der Waals surface area contributed by atoms with Crippen molar-refractivity contribution < 1.29 is 13.8 Å². The molecule has 0 fully saturated rings. The molecule has 0 spiro atoms. The van der Waals surface area contributed by atoms with E-state index in [0.717, 1.165) is 11.3 Å². The van der Waals surface area contributed by atoms with Crippen LogP contribution in [-0.4, -0.2) is 48.1 Å². The highest BCUT2D eigenvalue weighted by molar-refractivity contribution is 7.84. The van der Waals surface area contributed by atoms with Crippen molar-refractivity contribution in [3.63, 3.8) is 0 Å². The summed E-state index contributed by atoms with van der Waals surface area (Å²) < 4.78 is 13.5. The fraction of sp³-hybridized carbons (Fsp3) is 0.286. The third kappa shape index (κ3) is 6.29. The smallest absolute Gasteiger partial charge is 0.314 e. The average Bonchev–Trinajstić information content (AvgIpc) is 3.19. The van der Waals surface area contributed by atoms with Crippen molar-refractivity contribution in [2.24, 2.45) is 0 Å². The van der Waals surface area contributed by atoms with Crippen LogP contribution < -0.4 is 10.6 Å². The Balaban J connectivity index is 1.57. The van der Waals surface area contributed by atoms with Gasteiger partial charge < -0.3 is 10.6 Å². The lowest BCUT2D eigenvalue weighted by Gasteiger charge is -2.08. The number of hydrogen-bond acceptors (Lipinski definition) is 6. The molecule has 10 heteroatoms. The van der Waals surface area contributed by atoms with E-state index in [-0.39, 0.29) is 24.2 Å². The number of aromatic nitrogens is 4. The molecule has 0 bridgehead atoms. The van der Waals surface area contributed by atoms with E-state index in [1.54, 1.807) is 24.5 Å². The maximum absolute atomic E-state index is 12.4. The van der Waals surface area contributed by atoms with Crippen LogP contribution in [0, 0.1) is 0 Å². The molecular weight excluding hydrogens is 416 g/mol. The normalized spacial score (nSPS) is 11.8. The Kier molecular flexibility index (Phi) is 7.60. The molecule has 0 unspecified atom stereocenters. The van der Waals surface area contributed by atoms with Crippen molar-refractivity contribution in [1.82, 2.24) is 25.1 Å². The van der Waals surface area contributed by atoms with Crippen molar-refractivity contribution >= 4 is 28.4 Å². The van der Waals surface area contributed by atoms with Gasteiger partial charge in [0, 0.05) is 47.3 Å². The quantitative estimate of drug-likeness (QED) is 0.516. The highest BCUT2D eigenvalue weighted by Gasteiger charge is 2.19. The van der Waals surface area contributed by atoms with Gasteiger partial charge in [-0.1, -0.05) is 44.2 Å². The summed E-state index contributed by atoms with van der Waals surface area (Å²) in [5, 5.41) is 9.48. The predicted octanol–water partition coefficient (Wildman–Crippen LogP) is 1.79. The van der Waals surface area contributed by atoms with E-state index < -0.39 is 22.6 Å². The van der Waals surface area contributed by atoms with Crippen LogP contribution in [0.5, 0.6) is 0 Å². The second-order valence-corrected chi connectivity index (χ2v) is 8.63. The summed E-state index contributed by atoms with van der Waals surface area (Å²) in [5.41, 5.74) is 1.68. The monoisotopic (exact) mass is 440 g/mol. The summed E-state index contributed by atoms with van der Waals surface area (Å²) in [6.45, 7) is 4.06. The lowest BCUT2D eigenvalue weighted by Crippen LogP contribution is -2.37. The van der Waals surface area contributed by atoms with Gasteiger partial charge in [-0.2, -0.15) is 9.78 Å². The fourth-order valence-corrected chi connectivity index (χ4v) is 3.73. The molecular formula is C21H24N6O3S. The highest BCUT2D eigenvalue weighted by atomic mass is 32.2. The number of nitrogens with zero attached hydrogens (tertiary/aromatic N) is 4. The van der Waals surface area contributed by atoms with Crippen LogP contribution >= 0.6 is 0 Å². The topological polar surface area (TPSA) is 119 Å². The molecule has 0 radical (unpaired) electrons. The predicted molar refractivity (Wildman–Crippen MR) is 118 cm³/mol. The molecule has 3 rings (SSSR count). The van der Waals surface area contributed by atoms with Crippen molar-refractivity contribution in [2.75, 3.05) is 17.6 Å². The second-order valence-electron chi connectivity index (χ2n) is 7.05. The number of anilines is 1. The first-order valence-electron chi connectivity index (χ1n) is 9.79. The van der Waals surface area contributed by atoms with Gasteiger partial charge in [-0.15, -0.1) is 0 Å². The first-order chi connectivity index (χ1) is 14.9. The minimum Gasteiger partial charge on any atom is -0.347 e. The minimum absolute atomic E-state index is 0.106. The van der Waals surface area contributed by atoms with Crippen molar-refractivity contribution in [2.45, 2.75) is 25.5 Å². The SMILES string of the molecule is CC(C)c1cc(NC(=O)C(=O)NCC[S@@](=O)Cc2ccccc2)n(-c2ncccn2)n1. The maximum Gasteiger partial charge on any atom is 0.314 e. The first-order valence-corrected chi connectivity index (χ1v) is 11.3. The lowest BCUT2D eigenvalue weighted by atomic mass is 10.1. The zero-order chi connectivity index (χ0) is 22.2. The van der Waals surface area contributed by atoms with Gasteiger partial charge in [0.1, 0.15) is 5.82 Å². The standard InChI is InChI=1S/C21H24N6O3S/c1-15(2)17-13-18(27(26-17)21-23-9-6-10-24-21)25-20(29)19(28)22-11-12-31(30)14-16-7-4-3-5-8-16/h3-10,13,15H,11-12,14H2,1-2H3,(H,22,28)(H,25,29)/t31-/m1/s1. The largest absolute Gasteiger partial charge is 0.347 e. The Labute approximate surface area is 182 Å². The number of carbonyl (C=O) groups is 2. The molecule has 31 heavy (non-hydrogen) atoms. The Bertz CT molecular complexity index is 1050. The Morgan fingerprint density at radius 3 is 2.45 bits per heavy atom. The molecule has 162 valence electrons. The van der Waals surface area contributed by atoms with E-state index in [9.17, 15) is 13.8 Å². The van der Waals surface area contributed by atoms with Gasteiger partial charge in [0.15, 0.2) is 0 Å². The highest BCUT2D eigenvalue weighted by Crippen LogP contribution is 2.20. The fourth-order valence-electron chi connectivity index (χ4n) is 2.69. The number of carbonyl (C=O) groups excluding carboxylic acids is 2. The van der Waals surface area contributed by atoms with Crippen LogP contribution in [-0.2, 0) is 26.1 Å². The summed E-state index contributed by atoms with van der Waals surface area (Å²) in [6, 6.07) is 12.8. The zero-order valence-corrected chi connectivity index (χ0v) is 18.1. The van der Waals surface area contributed by atoms with Crippen LogP contribution in [0.1, 0.15) is 31.0 Å². The molecule has 2 heterocycles. The van der Waals surface area contributed by atoms with Gasteiger partial charge in [0.2, 0.25) is 0 Å². The van der Waals surface area contributed by atoms with Gasteiger partial charge in [-0.05, 0) is 17.5 Å². The van der Waals surface area contributed by atoms with Gasteiger partial charge in [0.25, 0.3) is 5.95 Å². The molecule has 2 N–H and O–H groups in total. The number of hydrogen-bond donors (Lipinski definition) is 2. The molecule has 0 aliphatic rings. The zero-order valence-electron chi connectivity index (χ0n) is 17.3. The van der Waals surface area contributed by atoms with Crippen molar-refractivity contribution in [3.05, 3.63) is 66.1 Å². The molecule has 0 aliphatic heterocycles. The van der Waals surface area contributed by atoms with E-state index in [1.807, 2.05) is 44.2 Å². The summed E-state index contributed by atoms with van der Waals surface area (Å²) >= 11 is 0.